The van der Waals surface area contributed by atoms with Crippen LogP contribution in [0.5, 0.6) is 5.75 Å². The monoisotopic (exact) mass is 473 g/mol. The molecule has 3 rings (SSSR count). The number of nitrogens with one attached hydrogen (secondary N) is 1. The molecule has 3 aromatic rings. The van der Waals surface area contributed by atoms with Crippen LogP contribution in [0.25, 0.3) is 5.69 Å². The molecule has 27 heavy (non-hydrogen) atoms. The third kappa shape index (κ3) is 4.21. The Morgan fingerprint density at radius 2 is 1.93 bits per heavy atom. The highest BCUT2D eigenvalue weighted by Gasteiger charge is 2.11. The fourth-order valence-electron chi connectivity index (χ4n) is 2.96. The maximum absolute atomic E-state index is 12.1. The molecule has 1 aromatic heterocycles. The summed E-state index contributed by atoms with van der Waals surface area (Å²) in [6.07, 6.45) is 1.64. The van der Waals surface area contributed by atoms with Crippen molar-refractivity contribution >= 4 is 34.7 Å². The van der Waals surface area contributed by atoms with Crippen molar-refractivity contribution < 1.29 is 9.90 Å². The van der Waals surface area contributed by atoms with Crippen LogP contribution in [-0.2, 0) is 0 Å². The summed E-state index contributed by atoms with van der Waals surface area (Å²) in [6.45, 7) is 6.17. The lowest BCUT2D eigenvalue weighted by molar-refractivity contribution is 0.0954. The maximum atomic E-state index is 12.1. The van der Waals surface area contributed by atoms with Gasteiger partial charge in [-0.3, -0.25) is 4.79 Å². The van der Waals surface area contributed by atoms with Gasteiger partial charge in [-0.1, -0.05) is 6.07 Å². The highest BCUT2D eigenvalue weighted by atomic mass is 127. The lowest BCUT2D eigenvalue weighted by atomic mass is 10.2. The molecule has 0 saturated carbocycles. The number of carbonyl (C=O) groups is 1. The SMILES string of the molecule is Cc1cc(-n2c(C)cc(/C=N/NC(=O)c3cccc(O)c3)c2C)ccc1I. The van der Waals surface area contributed by atoms with Crippen molar-refractivity contribution in [1.82, 2.24) is 9.99 Å². The van der Waals surface area contributed by atoms with Gasteiger partial charge >= 0.3 is 0 Å². The van der Waals surface area contributed by atoms with E-state index in [9.17, 15) is 9.90 Å². The van der Waals surface area contributed by atoms with Crippen molar-refractivity contribution in [2.75, 3.05) is 0 Å². The second-order valence-corrected chi connectivity index (χ2v) is 7.51. The number of hydrazone groups is 1. The number of nitrogens with zero attached hydrogens (tertiary/aromatic N) is 2. The molecule has 0 saturated heterocycles. The predicted octanol–water partition coefficient (Wildman–Crippen LogP) is 4.48. The van der Waals surface area contributed by atoms with Crippen LogP contribution in [0.3, 0.4) is 0 Å². The number of phenolic OH excluding ortho intramolecular Hbond substituents is 1. The number of aromatic hydroxyl groups is 1. The van der Waals surface area contributed by atoms with Gasteiger partial charge < -0.3 is 9.67 Å². The Hall–Kier alpha value is -2.61. The van der Waals surface area contributed by atoms with Gasteiger partial charge in [0.1, 0.15) is 5.75 Å². The summed E-state index contributed by atoms with van der Waals surface area (Å²) >= 11 is 2.33. The molecule has 0 aliphatic heterocycles. The molecule has 0 unspecified atom stereocenters. The van der Waals surface area contributed by atoms with Crippen LogP contribution in [0.15, 0.2) is 53.6 Å². The van der Waals surface area contributed by atoms with E-state index in [1.165, 1.54) is 21.3 Å². The molecule has 0 aliphatic carbocycles. The minimum atomic E-state index is -0.371. The summed E-state index contributed by atoms with van der Waals surface area (Å²) in [7, 11) is 0. The van der Waals surface area contributed by atoms with E-state index in [0.29, 0.717) is 5.56 Å². The zero-order chi connectivity index (χ0) is 19.6. The van der Waals surface area contributed by atoms with Crippen molar-refractivity contribution in [2.45, 2.75) is 20.8 Å². The third-order valence-corrected chi connectivity index (χ3v) is 5.56. The fourth-order valence-corrected chi connectivity index (χ4v) is 3.29. The highest BCUT2D eigenvalue weighted by Crippen LogP contribution is 2.22. The molecule has 0 aliphatic rings. The maximum Gasteiger partial charge on any atom is 0.271 e. The van der Waals surface area contributed by atoms with Gasteiger partial charge in [0.25, 0.3) is 5.91 Å². The van der Waals surface area contributed by atoms with Crippen LogP contribution in [0, 0.1) is 24.3 Å². The average molecular weight is 473 g/mol. The number of halogens is 1. The number of benzene rings is 2. The van der Waals surface area contributed by atoms with Crippen LogP contribution in [0.1, 0.15) is 32.9 Å². The number of hydrogen-bond acceptors (Lipinski definition) is 3. The van der Waals surface area contributed by atoms with Crippen molar-refractivity contribution in [3.05, 3.63) is 80.2 Å². The number of rotatable bonds is 4. The molecular weight excluding hydrogens is 453 g/mol. The van der Waals surface area contributed by atoms with Gasteiger partial charge in [-0.25, -0.2) is 5.43 Å². The number of aryl methyl sites for hydroxylation is 2. The van der Waals surface area contributed by atoms with Crippen LogP contribution in [0.4, 0.5) is 0 Å². The predicted molar refractivity (Wildman–Crippen MR) is 116 cm³/mol. The van der Waals surface area contributed by atoms with Crippen molar-refractivity contribution in [3.8, 4) is 11.4 Å². The first-order valence-electron chi connectivity index (χ1n) is 8.44. The molecule has 0 atom stereocenters. The quantitative estimate of drug-likeness (QED) is 0.334. The molecule has 2 aromatic carbocycles. The van der Waals surface area contributed by atoms with E-state index in [1.54, 1.807) is 18.3 Å². The molecule has 0 fully saturated rings. The van der Waals surface area contributed by atoms with Gasteiger partial charge in [0.05, 0.1) is 6.21 Å². The second-order valence-electron chi connectivity index (χ2n) is 6.34. The van der Waals surface area contributed by atoms with Gasteiger partial charge in [0.2, 0.25) is 0 Å². The van der Waals surface area contributed by atoms with E-state index in [2.05, 4.69) is 62.8 Å². The Kier molecular flexibility index (Phi) is 5.65. The van der Waals surface area contributed by atoms with E-state index in [4.69, 9.17) is 0 Å². The molecular formula is C21H20IN3O2. The zero-order valence-corrected chi connectivity index (χ0v) is 17.5. The molecule has 0 radical (unpaired) electrons. The molecule has 0 bridgehead atoms. The summed E-state index contributed by atoms with van der Waals surface area (Å²) in [6, 6.07) is 14.5. The Labute approximate surface area is 171 Å². The third-order valence-electron chi connectivity index (χ3n) is 4.35. The number of phenols is 1. The molecule has 6 heteroatoms. The zero-order valence-electron chi connectivity index (χ0n) is 15.3. The van der Waals surface area contributed by atoms with Gasteiger partial charge in [0, 0.05) is 31.8 Å². The largest absolute Gasteiger partial charge is 0.508 e. The Morgan fingerprint density at radius 1 is 1.15 bits per heavy atom. The summed E-state index contributed by atoms with van der Waals surface area (Å²) in [5.41, 5.74) is 8.25. The lowest BCUT2D eigenvalue weighted by Gasteiger charge is -2.11. The Balaban J connectivity index is 1.81. The van der Waals surface area contributed by atoms with Crippen molar-refractivity contribution in [1.29, 1.82) is 0 Å². The van der Waals surface area contributed by atoms with E-state index in [0.717, 1.165) is 22.6 Å². The molecule has 1 heterocycles. The smallest absolute Gasteiger partial charge is 0.271 e. The number of aromatic nitrogens is 1. The first-order valence-corrected chi connectivity index (χ1v) is 9.52. The number of amides is 1. The Morgan fingerprint density at radius 3 is 2.63 bits per heavy atom. The van der Waals surface area contributed by atoms with Gasteiger partial charge in [0.15, 0.2) is 0 Å². The second kappa shape index (κ2) is 7.96. The van der Waals surface area contributed by atoms with Crippen LogP contribution in [-0.4, -0.2) is 21.8 Å². The van der Waals surface area contributed by atoms with Crippen molar-refractivity contribution in [3.63, 3.8) is 0 Å². The van der Waals surface area contributed by atoms with Gasteiger partial charge in [-0.2, -0.15) is 5.10 Å². The van der Waals surface area contributed by atoms with Gasteiger partial charge in [-0.15, -0.1) is 0 Å². The Bertz CT molecular complexity index is 1040. The molecule has 0 spiro atoms. The molecule has 2 N–H and O–H groups in total. The summed E-state index contributed by atoms with van der Waals surface area (Å²) in [5, 5.41) is 13.5. The number of hydrogen-bond donors (Lipinski definition) is 2. The normalized spacial score (nSPS) is 11.1. The molecule has 138 valence electrons. The fraction of sp³-hybridized carbons (Fsp3) is 0.143. The molecule has 5 nitrogen and oxygen atoms in total. The molecule has 1 amide bonds. The van der Waals surface area contributed by atoms with E-state index in [1.807, 2.05) is 19.9 Å². The van der Waals surface area contributed by atoms with Gasteiger partial charge in [-0.05, 0) is 91.4 Å². The first-order chi connectivity index (χ1) is 12.9. The van der Waals surface area contributed by atoms with Crippen molar-refractivity contribution in [2.24, 2.45) is 5.10 Å². The van der Waals surface area contributed by atoms with E-state index >= 15 is 0 Å². The number of carbonyl (C=O) groups excluding carboxylic acids is 1. The topological polar surface area (TPSA) is 66.6 Å². The lowest BCUT2D eigenvalue weighted by Crippen LogP contribution is -2.17. The summed E-state index contributed by atoms with van der Waals surface area (Å²) < 4.78 is 3.40. The minimum Gasteiger partial charge on any atom is -0.508 e. The van der Waals surface area contributed by atoms with Crippen LogP contribution in [0.2, 0.25) is 0 Å². The summed E-state index contributed by atoms with van der Waals surface area (Å²) in [5.74, 6) is -0.327. The van der Waals surface area contributed by atoms with E-state index in [-0.39, 0.29) is 11.7 Å². The van der Waals surface area contributed by atoms with Crippen LogP contribution >= 0.6 is 22.6 Å². The van der Waals surface area contributed by atoms with Crippen LogP contribution < -0.4 is 5.43 Å². The highest BCUT2D eigenvalue weighted by molar-refractivity contribution is 14.1. The average Bonchev–Trinajstić information content (AvgIpc) is 2.91. The first kappa shape index (κ1) is 19.2. The minimum absolute atomic E-state index is 0.0444. The van der Waals surface area contributed by atoms with E-state index < -0.39 is 0 Å². The standard InChI is InChI=1S/C21H20IN3O2/c1-13-9-18(7-8-20(13)22)25-14(2)10-17(15(25)3)12-23-24-21(27)16-5-4-6-19(26)11-16/h4-12,26H,1-3H3,(H,24,27)/b23-12+. The summed E-state index contributed by atoms with van der Waals surface area (Å²) in [4.78, 5) is 12.1.